The number of allylic oxidation sites excluding steroid dienone is 3. The highest BCUT2D eigenvalue weighted by molar-refractivity contribution is 6.22. The first-order chi connectivity index (χ1) is 8.71. The van der Waals surface area contributed by atoms with E-state index in [4.69, 9.17) is 16.7 Å². The minimum Gasteiger partial charge on any atom is -0.478 e. The van der Waals surface area contributed by atoms with Crippen LogP contribution in [-0.2, 0) is 4.79 Å². The number of fused-ring (bicyclic) bond motifs is 1. The van der Waals surface area contributed by atoms with E-state index >= 15 is 0 Å². The summed E-state index contributed by atoms with van der Waals surface area (Å²) in [6.07, 6.45) is -0.000631. The van der Waals surface area contributed by atoms with Gasteiger partial charge in [-0.15, -0.1) is 11.6 Å². The molecule has 19 heavy (non-hydrogen) atoms. The lowest BCUT2D eigenvalue weighted by Gasteiger charge is -2.39. The second kappa shape index (κ2) is 4.59. The summed E-state index contributed by atoms with van der Waals surface area (Å²) in [6.45, 7) is 0. The quantitative estimate of drug-likeness (QED) is 0.756. The van der Waals surface area contributed by atoms with Gasteiger partial charge in [0.1, 0.15) is 0 Å². The van der Waals surface area contributed by atoms with Gasteiger partial charge in [0.05, 0.1) is 11.0 Å². The fraction of sp³-hybridized carbons (Fsp3) is 0.417. The Bertz CT molecular complexity index is 508. The van der Waals surface area contributed by atoms with Crippen LogP contribution in [0.25, 0.3) is 0 Å². The minimum absolute atomic E-state index is 0.333. The molecule has 2 atom stereocenters. The van der Waals surface area contributed by atoms with Crippen molar-refractivity contribution in [2.75, 3.05) is 7.05 Å². The average molecular weight is 294 g/mol. The highest BCUT2D eigenvalue weighted by atomic mass is 35.5. The number of alkyl halides is 4. The van der Waals surface area contributed by atoms with Crippen molar-refractivity contribution in [3.63, 3.8) is 0 Å². The molecule has 2 unspecified atom stereocenters. The number of nitrogens with zero attached hydrogens (tertiary/aromatic N) is 1. The third kappa shape index (κ3) is 2.49. The summed E-state index contributed by atoms with van der Waals surface area (Å²) in [4.78, 5) is 12.0. The predicted molar refractivity (Wildman–Crippen MR) is 63.7 cm³/mol. The van der Waals surface area contributed by atoms with Gasteiger partial charge in [-0.25, -0.2) is 4.79 Å². The van der Waals surface area contributed by atoms with E-state index in [1.807, 2.05) is 0 Å². The average Bonchev–Trinajstić information content (AvgIpc) is 2.25. The predicted octanol–water partition coefficient (Wildman–Crippen LogP) is 2.70. The molecule has 0 radical (unpaired) electrons. The van der Waals surface area contributed by atoms with Gasteiger partial charge in [0.2, 0.25) is 0 Å². The van der Waals surface area contributed by atoms with Gasteiger partial charge in [-0.05, 0) is 18.1 Å². The van der Waals surface area contributed by atoms with Crippen molar-refractivity contribution in [1.82, 2.24) is 4.90 Å². The molecule has 1 N–H and O–H groups in total. The molecule has 2 rings (SSSR count). The van der Waals surface area contributed by atoms with Gasteiger partial charge in [-0.3, -0.25) is 0 Å². The van der Waals surface area contributed by atoms with Crippen LogP contribution in [0, 0.1) is 0 Å². The molecular formula is C12H11ClF3NO2. The molecule has 0 spiro atoms. The van der Waals surface area contributed by atoms with E-state index in [1.54, 1.807) is 12.2 Å². The van der Waals surface area contributed by atoms with E-state index in [0.717, 1.165) is 11.0 Å². The number of carboxylic acid groups (broad SMARTS) is 1. The van der Waals surface area contributed by atoms with Crippen molar-refractivity contribution < 1.29 is 23.1 Å². The topological polar surface area (TPSA) is 40.5 Å². The summed E-state index contributed by atoms with van der Waals surface area (Å²) < 4.78 is 39.1. The van der Waals surface area contributed by atoms with Gasteiger partial charge in [0, 0.05) is 12.7 Å². The van der Waals surface area contributed by atoms with Crippen molar-refractivity contribution in [2.24, 2.45) is 0 Å². The Morgan fingerprint density at radius 1 is 1.53 bits per heavy atom. The van der Waals surface area contributed by atoms with Crippen LogP contribution >= 0.6 is 11.6 Å². The van der Waals surface area contributed by atoms with E-state index in [9.17, 15) is 18.0 Å². The molecule has 0 saturated heterocycles. The second-order valence-electron chi connectivity index (χ2n) is 4.42. The Balaban J connectivity index is 2.55. The molecule has 7 heteroatoms. The van der Waals surface area contributed by atoms with Gasteiger partial charge in [0.25, 0.3) is 0 Å². The van der Waals surface area contributed by atoms with Crippen LogP contribution in [0.4, 0.5) is 13.2 Å². The maximum atomic E-state index is 13.0. The number of hydrogen-bond acceptors (Lipinski definition) is 2. The highest BCUT2D eigenvalue weighted by Crippen LogP contribution is 2.39. The molecule has 1 aliphatic carbocycles. The second-order valence-corrected chi connectivity index (χ2v) is 4.98. The Kier molecular flexibility index (Phi) is 3.38. The first kappa shape index (κ1) is 14.0. The Morgan fingerprint density at radius 2 is 2.16 bits per heavy atom. The lowest BCUT2D eigenvalue weighted by atomic mass is 9.90. The van der Waals surface area contributed by atoms with Crippen molar-refractivity contribution in [1.29, 1.82) is 0 Å². The third-order valence-electron chi connectivity index (χ3n) is 3.12. The molecule has 0 aromatic carbocycles. The van der Waals surface area contributed by atoms with E-state index in [1.165, 1.54) is 7.05 Å². The lowest BCUT2D eigenvalue weighted by molar-refractivity contribution is -0.171. The first-order valence-electron chi connectivity index (χ1n) is 5.52. The van der Waals surface area contributed by atoms with Crippen LogP contribution in [0.1, 0.15) is 6.42 Å². The van der Waals surface area contributed by atoms with Crippen molar-refractivity contribution >= 4 is 17.6 Å². The minimum atomic E-state index is -4.65. The number of likely N-dealkylation sites (N-methyl/N-ethyl adjacent to an activating group) is 1. The van der Waals surface area contributed by atoms with Crippen molar-refractivity contribution in [3.05, 3.63) is 35.1 Å². The number of hydrogen-bond donors (Lipinski definition) is 1. The molecule has 0 aromatic heterocycles. The summed E-state index contributed by atoms with van der Waals surface area (Å²) in [6, 6.07) is -2.14. The van der Waals surface area contributed by atoms with Crippen molar-refractivity contribution in [3.8, 4) is 0 Å². The maximum absolute atomic E-state index is 13.0. The van der Waals surface area contributed by atoms with E-state index < -0.39 is 23.8 Å². The van der Waals surface area contributed by atoms with Gasteiger partial charge >= 0.3 is 12.1 Å². The largest absolute Gasteiger partial charge is 0.478 e. The molecule has 1 heterocycles. The Labute approximate surface area is 112 Å². The maximum Gasteiger partial charge on any atom is 0.413 e. The Hall–Kier alpha value is -1.43. The van der Waals surface area contributed by atoms with Crippen LogP contribution in [0.2, 0.25) is 0 Å². The molecule has 0 bridgehead atoms. The van der Waals surface area contributed by atoms with Crippen LogP contribution in [0.15, 0.2) is 35.1 Å². The van der Waals surface area contributed by atoms with E-state index in [-0.39, 0.29) is 5.38 Å². The molecular weight excluding hydrogens is 283 g/mol. The normalized spacial score (nSPS) is 27.2. The lowest BCUT2D eigenvalue weighted by Crippen LogP contribution is -2.48. The number of halogens is 4. The van der Waals surface area contributed by atoms with Crippen LogP contribution in [-0.4, -0.2) is 40.6 Å². The fourth-order valence-electron chi connectivity index (χ4n) is 2.33. The molecule has 0 saturated carbocycles. The highest BCUT2D eigenvalue weighted by Gasteiger charge is 2.49. The number of carbonyl (C=O) groups is 1. The van der Waals surface area contributed by atoms with Crippen LogP contribution in [0.5, 0.6) is 0 Å². The number of rotatable bonds is 1. The van der Waals surface area contributed by atoms with E-state index in [2.05, 4.69) is 0 Å². The number of carboxylic acids is 1. The van der Waals surface area contributed by atoms with E-state index in [0.29, 0.717) is 17.7 Å². The zero-order chi connectivity index (χ0) is 14.4. The van der Waals surface area contributed by atoms with Gasteiger partial charge in [-0.2, -0.15) is 13.2 Å². The summed E-state index contributed by atoms with van der Waals surface area (Å²) >= 11 is 5.90. The molecule has 2 aliphatic rings. The molecule has 1 aliphatic heterocycles. The van der Waals surface area contributed by atoms with Gasteiger partial charge in [-0.1, -0.05) is 12.2 Å². The summed E-state index contributed by atoms with van der Waals surface area (Å²) in [5.41, 5.74) is 0.0973. The third-order valence-corrected chi connectivity index (χ3v) is 3.43. The Morgan fingerprint density at radius 3 is 2.68 bits per heavy atom. The molecule has 0 aromatic rings. The monoisotopic (exact) mass is 293 g/mol. The van der Waals surface area contributed by atoms with Gasteiger partial charge < -0.3 is 10.0 Å². The van der Waals surface area contributed by atoms with Gasteiger partial charge in [0.15, 0.2) is 6.04 Å². The molecule has 3 nitrogen and oxygen atoms in total. The smallest absolute Gasteiger partial charge is 0.413 e. The van der Waals surface area contributed by atoms with Crippen LogP contribution in [0.3, 0.4) is 0 Å². The zero-order valence-electron chi connectivity index (χ0n) is 9.91. The SMILES string of the molecule is CN1C2=CCC(Cl)C=C2C=C(C(=O)O)C1C(F)(F)F. The number of aliphatic carboxylic acids is 1. The molecule has 0 fully saturated rings. The van der Waals surface area contributed by atoms with Crippen molar-refractivity contribution in [2.45, 2.75) is 24.0 Å². The zero-order valence-corrected chi connectivity index (χ0v) is 10.7. The van der Waals surface area contributed by atoms with Crippen LogP contribution < -0.4 is 0 Å². The summed E-state index contributed by atoms with van der Waals surface area (Å²) in [5.74, 6) is -1.58. The molecule has 104 valence electrons. The fourth-order valence-corrected chi connectivity index (χ4v) is 2.55. The standard InChI is InChI=1S/C12H11ClF3NO2/c1-17-9-3-2-7(13)4-6(9)5-8(11(18)19)10(17)12(14,15)16/h3-5,7,10H,2H2,1H3,(H,18,19). The first-order valence-corrected chi connectivity index (χ1v) is 5.96. The molecule has 0 amide bonds. The summed E-state index contributed by atoms with van der Waals surface area (Å²) in [7, 11) is 1.24. The summed E-state index contributed by atoms with van der Waals surface area (Å²) in [5, 5.41) is 8.64.